The van der Waals surface area contributed by atoms with Gasteiger partial charge >= 0.3 is 16.4 Å². The van der Waals surface area contributed by atoms with E-state index in [1.54, 1.807) is 67.0 Å². The number of rotatable bonds is 14. The van der Waals surface area contributed by atoms with E-state index in [0.29, 0.717) is 36.3 Å². The fourth-order valence-electron chi connectivity index (χ4n) is 6.93. The molecule has 2 heterocycles. The van der Waals surface area contributed by atoms with Gasteiger partial charge in [-0.05, 0) is 81.0 Å². The van der Waals surface area contributed by atoms with Crippen molar-refractivity contribution in [3.05, 3.63) is 55.4 Å². The molecular formula is C39H55N5O9S. The summed E-state index contributed by atoms with van der Waals surface area (Å²) in [5, 5.41) is 7.28. The molecule has 2 saturated carbocycles. The van der Waals surface area contributed by atoms with Crippen LogP contribution in [0, 0.1) is 17.3 Å². The summed E-state index contributed by atoms with van der Waals surface area (Å²) < 4.78 is 51.7. The van der Waals surface area contributed by atoms with Gasteiger partial charge in [0.1, 0.15) is 29.5 Å². The number of fused-ring (bicyclic) bond motifs is 1. The number of nitrogens with one attached hydrogen (secondary N) is 3. The van der Waals surface area contributed by atoms with Crippen LogP contribution >= 0.6 is 0 Å². The van der Waals surface area contributed by atoms with Gasteiger partial charge in [-0.1, -0.05) is 47.3 Å². The second kappa shape index (κ2) is 14.7. The van der Waals surface area contributed by atoms with Crippen molar-refractivity contribution >= 4 is 39.0 Å². The molecule has 1 aliphatic heterocycles. The first-order chi connectivity index (χ1) is 25.0. The second-order valence-electron chi connectivity index (χ2n) is 17.0. The molecule has 5 atom stereocenters. The van der Waals surface area contributed by atoms with Crippen LogP contribution in [0.4, 0.5) is 4.79 Å². The normalized spacial score (nSPS) is 24.0. The minimum absolute atomic E-state index is 0.00961. The van der Waals surface area contributed by atoms with Gasteiger partial charge in [-0.15, -0.1) is 6.58 Å². The Morgan fingerprint density at radius 1 is 1.09 bits per heavy atom. The summed E-state index contributed by atoms with van der Waals surface area (Å²) in [7, 11) is -2.70. The minimum Gasteiger partial charge on any atom is -0.497 e. The standard InChI is InChI=1S/C39H55N5O9S/c1-12-26-21-39(26,24(4)43-54(48,49)53-38(16-17-38)23(2)3)42-32(45)30-20-28(51-33-29-14-13-27(50-11)19-25(29)15-18-40-33)22-44(30)34(46)31(36(5,6)7)41-35(47)52-37(8,9)10/h12-15,18-19,23,26,28,30-31,43H,1,4,16-17,20-22H2,2-3,5-11H3,(H,41,47)(H,42,45)/t26-,28-,30+,31-,39+/m1/s1. The second-order valence-corrected chi connectivity index (χ2v) is 18.3. The molecule has 2 aromatic rings. The summed E-state index contributed by atoms with van der Waals surface area (Å²) in [6.07, 6.45) is 3.40. The van der Waals surface area contributed by atoms with Gasteiger partial charge in [0.15, 0.2) is 0 Å². The molecule has 296 valence electrons. The van der Waals surface area contributed by atoms with Gasteiger partial charge in [0.2, 0.25) is 17.7 Å². The predicted molar refractivity (Wildman–Crippen MR) is 204 cm³/mol. The fourth-order valence-corrected chi connectivity index (χ4v) is 8.25. The molecule has 14 nitrogen and oxygen atoms in total. The van der Waals surface area contributed by atoms with E-state index in [9.17, 15) is 22.8 Å². The van der Waals surface area contributed by atoms with Crippen LogP contribution in [0.15, 0.2) is 55.4 Å². The molecule has 0 bridgehead atoms. The van der Waals surface area contributed by atoms with Crippen molar-refractivity contribution in [2.75, 3.05) is 13.7 Å². The number of carbonyl (C=O) groups is 3. The summed E-state index contributed by atoms with van der Waals surface area (Å²) in [5.74, 6) is -0.460. The van der Waals surface area contributed by atoms with Gasteiger partial charge in [-0.3, -0.25) is 14.3 Å². The van der Waals surface area contributed by atoms with Crippen LogP contribution in [-0.4, -0.2) is 84.8 Å². The highest BCUT2D eigenvalue weighted by Crippen LogP contribution is 2.50. The number of benzene rings is 1. The lowest BCUT2D eigenvalue weighted by molar-refractivity contribution is -0.142. The molecule has 1 saturated heterocycles. The smallest absolute Gasteiger partial charge is 0.408 e. The Morgan fingerprint density at radius 2 is 1.78 bits per heavy atom. The lowest BCUT2D eigenvalue weighted by Gasteiger charge is -2.36. The Balaban J connectivity index is 1.43. The monoisotopic (exact) mass is 769 g/mol. The largest absolute Gasteiger partial charge is 0.497 e. The van der Waals surface area contributed by atoms with E-state index in [-0.39, 0.29) is 30.5 Å². The van der Waals surface area contributed by atoms with Crippen molar-refractivity contribution in [3.8, 4) is 11.6 Å². The number of pyridine rings is 1. The molecule has 0 spiro atoms. The average Bonchev–Trinajstić information content (AvgIpc) is 3.96. The number of aromatic nitrogens is 1. The highest BCUT2D eigenvalue weighted by Gasteiger charge is 2.59. The molecule has 0 radical (unpaired) electrons. The summed E-state index contributed by atoms with van der Waals surface area (Å²) in [6.45, 7) is 22.3. The molecule has 0 unspecified atom stereocenters. The Kier molecular flexibility index (Phi) is 11.1. The third-order valence-corrected chi connectivity index (χ3v) is 11.4. The highest BCUT2D eigenvalue weighted by atomic mass is 32.2. The van der Waals surface area contributed by atoms with Gasteiger partial charge in [0.25, 0.3) is 0 Å². The molecule has 54 heavy (non-hydrogen) atoms. The van der Waals surface area contributed by atoms with Crippen LogP contribution in [0.25, 0.3) is 10.8 Å². The summed E-state index contributed by atoms with van der Waals surface area (Å²) in [5.41, 5.74) is -3.57. The summed E-state index contributed by atoms with van der Waals surface area (Å²) in [4.78, 5) is 47.9. The van der Waals surface area contributed by atoms with Crippen molar-refractivity contribution < 1.29 is 41.2 Å². The van der Waals surface area contributed by atoms with Crippen molar-refractivity contribution in [2.45, 2.75) is 116 Å². The topological polar surface area (TPSA) is 174 Å². The number of ether oxygens (including phenoxy) is 3. The molecule has 2 aliphatic carbocycles. The van der Waals surface area contributed by atoms with Gasteiger partial charge in [0.05, 0.1) is 24.8 Å². The third-order valence-electron chi connectivity index (χ3n) is 10.3. The van der Waals surface area contributed by atoms with Crippen molar-refractivity contribution in [3.63, 3.8) is 0 Å². The maximum Gasteiger partial charge on any atom is 0.408 e. The maximum atomic E-state index is 14.6. The zero-order valence-electron chi connectivity index (χ0n) is 32.8. The number of nitrogens with zero attached hydrogens (tertiary/aromatic N) is 2. The van der Waals surface area contributed by atoms with Gasteiger partial charge in [0, 0.05) is 29.6 Å². The Labute approximate surface area is 318 Å². The van der Waals surface area contributed by atoms with E-state index in [4.69, 9.17) is 18.4 Å². The SMILES string of the molecule is C=C[C@@H]1C[C@]1(NC(=O)[C@@H]1C[C@@H](Oc2nccc3cc(OC)ccc23)CN1C(=O)[C@@H](NC(=O)OC(C)(C)C)C(C)(C)C)C(=C)NS(=O)(=O)OC1(C(C)C)CC1. The molecule has 1 aromatic carbocycles. The van der Waals surface area contributed by atoms with Crippen molar-refractivity contribution in [2.24, 2.45) is 17.3 Å². The zero-order chi connectivity index (χ0) is 40.0. The van der Waals surface area contributed by atoms with E-state index >= 15 is 0 Å². The van der Waals surface area contributed by atoms with Crippen LogP contribution in [-0.2, 0) is 28.8 Å². The first-order valence-electron chi connectivity index (χ1n) is 18.3. The van der Waals surface area contributed by atoms with Crippen LogP contribution in [0.5, 0.6) is 11.6 Å². The molecular weight excluding hydrogens is 715 g/mol. The Morgan fingerprint density at radius 3 is 2.33 bits per heavy atom. The zero-order valence-corrected chi connectivity index (χ0v) is 33.6. The molecule has 3 N–H and O–H groups in total. The Hall–Kier alpha value is -4.37. The van der Waals surface area contributed by atoms with Crippen LogP contribution in [0.1, 0.15) is 81.1 Å². The number of alkyl carbamates (subject to hydrolysis) is 1. The number of hydrogen-bond acceptors (Lipinski definition) is 10. The quantitative estimate of drug-likeness (QED) is 0.218. The lowest BCUT2D eigenvalue weighted by Crippen LogP contribution is -2.59. The van der Waals surface area contributed by atoms with Crippen LogP contribution < -0.4 is 24.8 Å². The number of carbonyl (C=O) groups excluding carboxylic acids is 3. The van der Waals surface area contributed by atoms with Crippen molar-refractivity contribution in [1.29, 1.82) is 0 Å². The number of amides is 3. The van der Waals surface area contributed by atoms with E-state index in [2.05, 4.69) is 33.5 Å². The first-order valence-corrected chi connectivity index (χ1v) is 19.7. The summed E-state index contributed by atoms with van der Waals surface area (Å²) in [6, 6.07) is 5.13. The van der Waals surface area contributed by atoms with Gasteiger partial charge in [-0.2, -0.15) is 8.42 Å². The fraction of sp³-hybridized carbons (Fsp3) is 0.590. The molecule has 3 amide bonds. The summed E-state index contributed by atoms with van der Waals surface area (Å²) >= 11 is 0. The molecule has 3 fully saturated rings. The van der Waals surface area contributed by atoms with Gasteiger partial charge in [-0.25, -0.2) is 14.0 Å². The molecule has 1 aromatic heterocycles. The number of hydrogen-bond donors (Lipinski definition) is 3. The van der Waals surface area contributed by atoms with Crippen molar-refractivity contribution in [1.82, 2.24) is 25.2 Å². The van der Waals surface area contributed by atoms with E-state index < -0.39 is 68.6 Å². The van der Waals surface area contributed by atoms with E-state index in [0.717, 1.165) is 5.39 Å². The van der Waals surface area contributed by atoms with E-state index in [1.807, 2.05) is 32.0 Å². The number of likely N-dealkylation sites (tertiary alicyclic amines) is 1. The average molecular weight is 770 g/mol. The molecule has 3 aliphatic rings. The van der Waals surface area contributed by atoms with Crippen LogP contribution in [0.3, 0.4) is 0 Å². The highest BCUT2D eigenvalue weighted by molar-refractivity contribution is 7.84. The minimum atomic E-state index is -4.28. The Bertz CT molecular complexity index is 1910. The lowest BCUT2D eigenvalue weighted by atomic mass is 9.85. The molecule has 15 heteroatoms. The number of methoxy groups -OCH3 is 1. The van der Waals surface area contributed by atoms with Crippen LogP contribution in [0.2, 0.25) is 0 Å². The molecule has 5 rings (SSSR count). The predicted octanol–water partition coefficient (Wildman–Crippen LogP) is 5.15. The maximum absolute atomic E-state index is 14.6. The van der Waals surface area contributed by atoms with Gasteiger partial charge < -0.3 is 29.7 Å². The third kappa shape index (κ3) is 8.94. The van der Waals surface area contributed by atoms with E-state index in [1.165, 1.54) is 4.90 Å². The first kappa shape index (κ1) is 40.8.